The Morgan fingerprint density at radius 2 is 1.93 bits per heavy atom. The highest BCUT2D eigenvalue weighted by Crippen LogP contribution is 2.20. The van der Waals surface area contributed by atoms with E-state index in [1.165, 1.54) is 5.56 Å². The minimum Gasteiger partial charge on any atom is -0.385 e. The quantitative estimate of drug-likeness (QED) is 0.699. The lowest BCUT2D eigenvalue weighted by atomic mass is 10.0. The average molecular weight is 394 g/mol. The number of aryl methyl sites for hydroxylation is 1. The number of aliphatic hydroxyl groups is 1. The van der Waals surface area contributed by atoms with Gasteiger partial charge in [-0.3, -0.25) is 14.4 Å². The van der Waals surface area contributed by atoms with Crippen LogP contribution < -0.4 is 0 Å². The zero-order chi connectivity index (χ0) is 20.3. The molecule has 152 valence electrons. The molecule has 4 rings (SSSR count). The third-order valence-electron chi connectivity index (χ3n) is 5.25. The van der Waals surface area contributed by atoms with Crippen molar-refractivity contribution in [2.45, 2.75) is 18.7 Å². The number of rotatable bonds is 5. The third-order valence-corrected chi connectivity index (χ3v) is 5.25. The first-order chi connectivity index (χ1) is 14.0. The number of hydrogen-bond acceptors (Lipinski definition) is 5. The number of carbonyl (C=O) groups excluding carboxylic acids is 1. The summed E-state index contributed by atoms with van der Waals surface area (Å²) in [5.41, 5.74) is 0.0517. The van der Waals surface area contributed by atoms with Gasteiger partial charge in [-0.25, -0.2) is 4.98 Å². The van der Waals surface area contributed by atoms with Crippen molar-refractivity contribution in [3.63, 3.8) is 0 Å². The normalized spacial score (nSPS) is 20.6. The molecule has 1 fully saturated rings. The Balaban J connectivity index is 1.58. The van der Waals surface area contributed by atoms with E-state index >= 15 is 0 Å². The number of imidazole rings is 1. The molecule has 8 heteroatoms. The number of benzene rings is 1. The SMILES string of the molecule is Cn1ccnc1C(=O)N1CCN(Cc2ccccc2)C[C@@](O)(Cn2cccn2)C1. The minimum atomic E-state index is -1.13. The molecule has 0 radical (unpaired) electrons. The van der Waals surface area contributed by atoms with Gasteiger partial charge >= 0.3 is 0 Å². The Morgan fingerprint density at radius 3 is 2.62 bits per heavy atom. The summed E-state index contributed by atoms with van der Waals surface area (Å²) in [5.74, 6) is 0.209. The molecule has 1 saturated heterocycles. The molecule has 8 nitrogen and oxygen atoms in total. The lowest BCUT2D eigenvalue weighted by Crippen LogP contribution is -2.51. The van der Waals surface area contributed by atoms with Crippen LogP contribution in [0.15, 0.2) is 61.2 Å². The van der Waals surface area contributed by atoms with E-state index in [0.29, 0.717) is 38.5 Å². The van der Waals surface area contributed by atoms with Gasteiger partial charge in [-0.1, -0.05) is 30.3 Å². The van der Waals surface area contributed by atoms with Gasteiger partial charge in [0, 0.05) is 58.0 Å². The van der Waals surface area contributed by atoms with Crippen LogP contribution in [0.4, 0.5) is 0 Å². The van der Waals surface area contributed by atoms with E-state index in [1.807, 2.05) is 30.5 Å². The Morgan fingerprint density at radius 1 is 1.10 bits per heavy atom. The first-order valence-electron chi connectivity index (χ1n) is 9.75. The van der Waals surface area contributed by atoms with Gasteiger partial charge in [0.1, 0.15) is 5.60 Å². The minimum absolute atomic E-state index is 0.169. The molecular weight excluding hydrogens is 368 g/mol. The van der Waals surface area contributed by atoms with Crippen LogP contribution >= 0.6 is 0 Å². The summed E-state index contributed by atoms with van der Waals surface area (Å²) in [6.45, 7) is 2.91. The van der Waals surface area contributed by atoms with E-state index in [9.17, 15) is 9.90 Å². The topological polar surface area (TPSA) is 79.4 Å². The number of amides is 1. The molecule has 2 aromatic heterocycles. The van der Waals surface area contributed by atoms with Gasteiger partial charge in [0.25, 0.3) is 5.91 Å². The van der Waals surface area contributed by atoms with Crippen LogP contribution in [0, 0.1) is 0 Å². The smallest absolute Gasteiger partial charge is 0.289 e. The predicted molar refractivity (Wildman–Crippen MR) is 108 cm³/mol. The van der Waals surface area contributed by atoms with Crippen molar-refractivity contribution in [2.75, 3.05) is 26.2 Å². The van der Waals surface area contributed by atoms with Crippen LogP contribution in [0.1, 0.15) is 16.2 Å². The molecule has 1 atom stereocenters. The van der Waals surface area contributed by atoms with Crippen LogP contribution in [0.3, 0.4) is 0 Å². The second-order valence-electron chi connectivity index (χ2n) is 7.71. The molecule has 1 aliphatic rings. The summed E-state index contributed by atoms with van der Waals surface area (Å²) < 4.78 is 3.43. The fourth-order valence-corrected chi connectivity index (χ4v) is 3.90. The summed E-state index contributed by atoms with van der Waals surface area (Å²) in [5, 5.41) is 15.8. The molecule has 3 aromatic rings. The maximum Gasteiger partial charge on any atom is 0.289 e. The van der Waals surface area contributed by atoms with Crippen molar-refractivity contribution >= 4 is 5.91 Å². The highest BCUT2D eigenvalue weighted by atomic mass is 16.3. The van der Waals surface area contributed by atoms with Gasteiger partial charge in [0.05, 0.1) is 13.1 Å². The molecule has 29 heavy (non-hydrogen) atoms. The zero-order valence-corrected chi connectivity index (χ0v) is 16.6. The van der Waals surface area contributed by atoms with E-state index in [1.54, 1.807) is 39.8 Å². The van der Waals surface area contributed by atoms with Crippen LogP contribution in [0.25, 0.3) is 0 Å². The van der Waals surface area contributed by atoms with Crippen molar-refractivity contribution in [1.29, 1.82) is 0 Å². The highest BCUT2D eigenvalue weighted by Gasteiger charge is 2.38. The number of hydrogen-bond donors (Lipinski definition) is 1. The molecule has 0 aliphatic carbocycles. The van der Waals surface area contributed by atoms with Crippen LogP contribution in [-0.2, 0) is 20.1 Å². The van der Waals surface area contributed by atoms with Gasteiger partial charge < -0.3 is 14.6 Å². The van der Waals surface area contributed by atoms with Crippen molar-refractivity contribution in [2.24, 2.45) is 7.05 Å². The van der Waals surface area contributed by atoms with Gasteiger partial charge in [0.2, 0.25) is 0 Å². The van der Waals surface area contributed by atoms with Gasteiger partial charge in [-0.05, 0) is 11.6 Å². The van der Waals surface area contributed by atoms with Crippen LogP contribution in [-0.4, -0.2) is 71.9 Å². The molecular formula is C21H26N6O2. The number of β-amino-alcohol motifs (C(OH)–C–C–N with tert-alkyl or cyclic N) is 1. The van der Waals surface area contributed by atoms with Crippen LogP contribution in [0.5, 0.6) is 0 Å². The molecule has 0 spiro atoms. The maximum atomic E-state index is 13.1. The Labute approximate surface area is 170 Å². The van der Waals surface area contributed by atoms with E-state index in [4.69, 9.17) is 0 Å². The molecule has 1 amide bonds. The van der Waals surface area contributed by atoms with Crippen LogP contribution in [0.2, 0.25) is 0 Å². The lowest BCUT2D eigenvalue weighted by molar-refractivity contribution is -0.0186. The van der Waals surface area contributed by atoms with Crippen molar-refractivity contribution in [3.8, 4) is 0 Å². The lowest BCUT2D eigenvalue weighted by Gasteiger charge is -2.33. The zero-order valence-electron chi connectivity index (χ0n) is 16.6. The number of aromatic nitrogens is 4. The van der Waals surface area contributed by atoms with Gasteiger partial charge in [-0.15, -0.1) is 0 Å². The molecule has 0 unspecified atom stereocenters. The Hall–Kier alpha value is -2.97. The third kappa shape index (κ3) is 4.55. The Bertz CT molecular complexity index is 939. The summed E-state index contributed by atoms with van der Waals surface area (Å²) in [7, 11) is 1.80. The Kier molecular flexibility index (Phi) is 5.46. The molecule has 0 saturated carbocycles. The predicted octanol–water partition coefficient (Wildman–Crippen LogP) is 1.01. The van der Waals surface area contributed by atoms with E-state index < -0.39 is 5.60 Å². The van der Waals surface area contributed by atoms with Crippen molar-refractivity contribution < 1.29 is 9.90 Å². The number of nitrogens with zero attached hydrogens (tertiary/aromatic N) is 6. The molecule has 1 aliphatic heterocycles. The monoisotopic (exact) mass is 394 g/mol. The van der Waals surface area contributed by atoms with E-state index in [2.05, 4.69) is 27.1 Å². The fourth-order valence-electron chi connectivity index (χ4n) is 3.90. The fraction of sp³-hybridized carbons (Fsp3) is 0.381. The first kappa shape index (κ1) is 19.4. The summed E-state index contributed by atoms with van der Waals surface area (Å²) in [6, 6.07) is 12.0. The average Bonchev–Trinajstić information content (AvgIpc) is 3.33. The summed E-state index contributed by atoms with van der Waals surface area (Å²) in [6.07, 6.45) is 6.89. The largest absolute Gasteiger partial charge is 0.385 e. The molecule has 1 N–H and O–H groups in total. The molecule has 1 aromatic carbocycles. The van der Waals surface area contributed by atoms with Gasteiger partial charge in [-0.2, -0.15) is 5.10 Å². The van der Waals surface area contributed by atoms with Crippen molar-refractivity contribution in [1.82, 2.24) is 29.1 Å². The standard InChI is InChI=1S/C21H26N6O2/c1-24-11-9-22-19(24)20(28)26-13-12-25(14-18-6-3-2-4-7-18)15-21(29,16-26)17-27-10-5-8-23-27/h2-11,29H,12-17H2,1H3/t21-/m0/s1. The second-order valence-corrected chi connectivity index (χ2v) is 7.71. The highest BCUT2D eigenvalue weighted by molar-refractivity contribution is 5.90. The number of carbonyl (C=O) groups is 1. The van der Waals surface area contributed by atoms with Crippen molar-refractivity contribution in [3.05, 3.63) is 72.6 Å². The summed E-state index contributed by atoms with van der Waals surface area (Å²) in [4.78, 5) is 21.2. The van der Waals surface area contributed by atoms with E-state index in [0.717, 1.165) is 0 Å². The first-order valence-corrected chi connectivity index (χ1v) is 9.75. The maximum absolute atomic E-state index is 13.1. The van der Waals surface area contributed by atoms with E-state index in [-0.39, 0.29) is 12.5 Å². The summed E-state index contributed by atoms with van der Waals surface area (Å²) >= 11 is 0. The molecule has 3 heterocycles. The van der Waals surface area contributed by atoms with Gasteiger partial charge in [0.15, 0.2) is 5.82 Å². The second kappa shape index (κ2) is 8.18. The molecule has 0 bridgehead atoms.